The van der Waals surface area contributed by atoms with Crippen LogP contribution in [0.2, 0.25) is 0 Å². The van der Waals surface area contributed by atoms with E-state index in [4.69, 9.17) is 11.6 Å². The van der Waals surface area contributed by atoms with Gasteiger partial charge in [0.1, 0.15) is 11.2 Å². The lowest BCUT2D eigenvalue weighted by molar-refractivity contribution is -0.152. The summed E-state index contributed by atoms with van der Waals surface area (Å²) in [6, 6.07) is 0.562. The van der Waals surface area contributed by atoms with Gasteiger partial charge in [-0.1, -0.05) is 6.92 Å². The van der Waals surface area contributed by atoms with Gasteiger partial charge in [-0.25, -0.2) is 18.2 Å². The van der Waals surface area contributed by atoms with E-state index < -0.39 is 35.5 Å². The summed E-state index contributed by atoms with van der Waals surface area (Å²) in [5.74, 6) is -1.94. The highest BCUT2D eigenvalue weighted by atomic mass is 35.5. The fraction of sp³-hybridized carbons (Fsp3) is 0.500. The highest BCUT2D eigenvalue weighted by molar-refractivity contribution is 6.20. The van der Waals surface area contributed by atoms with E-state index in [1.165, 1.54) is 25.4 Å². The molecule has 1 aromatic rings. The van der Waals surface area contributed by atoms with E-state index in [0.717, 1.165) is 11.2 Å². The maximum atomic E-state index is 13.4. The van der Waals surface area contributed by atoms with Crippen LogP contribution in [0, 0.1) is 11.2 Å². The largest absolute Gasteiger partial charge is 0.272 e. The third kappa shape index (κ3) is 2.82. The van der Waals surface area contributed by atoms with Gasteiger partial charge in [0, 0.05) is 24.7 Å². The fourth-order valence-electron chi connectivity index (χ4n) is 2.33. The van der Waals surface area contributed by atoms with Crippen molar-refractivity contribution in [2.75, 3.05) is 5.88 Å². The molecule has 0 fully saturated rings. The summed E-state index contributed by atoms with van der Waals surface area (Å²) in [4.78, 5) is 16.3. The van der Waals surface area contributed by atoms with Gasteiger partial charge in [0.15, 0.2) is 0 Å². The molecule has 0 spiro atoms. The molecule has 120 valence electrons. The van der Waals surface area contributed by atoms with Crippen LogP contribution in [0.3, 0.4) is 0 Å². The van der Waals surface area contributed by atoms with Gasteiger partial charge in [0.05, 0.1) is 12.2 Å². The number of carbonyl (C=O) groups excluding carboxylic acids is 1. The van der Waals surface area contributed by atoms with Crippen molar-refractivity contribution in [3.63, 3.8) is 0 Å². The molecule has 1 aromatic heterocycles. The van der Waals surface area contributed by atoms with Crippen molar-refractivity contribution in [2.45, 2.75) is 32.2 Å². The van der Waals surface area contributed by atoms with E-state index in [2.05, 4.69) is 10.1 Å². The molecular formula is C14H15ClF3N3O. The molecule has 8 heteroatoms. The van der Waals surface area contributed by atoms with Gasteiger partial charge in [-0.3, -0.25) is 9.78 Å². The van der Waals surface area contributed by atoms with Gasteiger partial charge >= 0.3 is 0 Å². The van der Waals surface area contributed by atoms with E-state index in [1.54, 1.807) is 0 Å². The zero-order valence-corrected chi connectivity index (χ0v) is 12.6. The van der Waals surface area contributed by atoms with E-state index >= 15 is 0 Å². The predicted octanol–water partition coefficient (Wildman–Crippen LogP) is 3.38. The number of rotatable bonds is 5. The summed E-state index contributed by atoms with van der Waals surface area (Å²) in [5.41, 5.74) is -1.60. The van der Waals surface area contributed by atoms with Crippen LogP contribution < -0.4 is 0 Å². The van der Waals surface area contributed by atoms with Gasteiger partial charge in [0.25, 0.3) is 12.3 Å². The summed E-state index contributed by atoms with van der Waals surface area (Å²) >= 11 is 5.66. The first kappa shape index (κ1) is 16.7. The Bertz CT molecular complexity index is 578. The molecule has 4 nitrogen and oxygen atoms in total. The van der Waals surface area contributed by atoms with E-state index in [-0.39, 0.29) is 6.42 Å². The van der Waals surface area contributed by atoms with Crippen molar-refractivity contribution in [3.05, 3.63) is 29.8 Å². The van der Waals surface area contributed by atoms with Gasteiger partial charge in [-0.15, -0.1) is 11.6 Å². The summed E-state index contributed by atoms with van der Waals surface area (Å²) in [7, 11) is 0. The van der Waals surface area contributed by atoms with Crippen LogP contribution in [0.25, 0.3) is 0 Å². The number of hydrazone groups is 1. The van der Waals surface area contributed by atoms with Gasteiger partial charge in [-0.2, -0.15) is 5.10 Å². The standard InChI is InChI=1S/C14H15ClF3N3O/c1-2-14(8-15,12(17)18)13(22)21-11(3-4-20-21)9-5-10(16)7-19-6-9/h4-7,11-12H,2-3,8H2,1H3. The highest BCUT2D eigenvalue weighted by Gasteiger charge is 2.49. The number of aromatic nitrogens is 1. The molecular weight excluding hydrogens is 319 g/mol. The predicted molar refractivity (Wildman–Crippen MR) is 76.3 cm³/mol. The lowest BCUT2D eigenvalue weighted by Gasteiger charge is -2.33. The van der Waals surface area contributed by atoms with Crippen molar-refractivity contribution < 1.29 is 18.0 Å². The Morgan fingerprint density at radius 3 is 2.82 bits per heavy atom. The number of alkyl halides is 3. The van der Waals surface area contributed by atoms with Crippen LogP contribution >= 0.6 is 11.6 Å². The van der Waals surface area contributed by atoms with Gasteiger partial charge in [0.2, 0.25) is 0 Å². The molecule has 2 heterocycles. The summed E-state index contributed by atoms with van der Waals surface area (Å²) in [6.07, 6.45) is 1.13. The molecule has 0 bridgehead atoms. The smallest absolute Gasteiger partial charge is 0.256 e. The Labute approximate surface area is 131 Å². The minimum atomic E-state index is -2.91. The third-order valence-corrected chi connectivity index (χ3v) is 4.34. The first-order chi connectivity index (χ1) is 10.5. The monoisotopic (exact) mass is 333 g/mol. The maximum absolute atomic E-state index is 13.4. The van der Waals surface area contributed by atoms with Crippen LogP contribution in [-0.2, 0) is 4.79 Å². The maximum Gasteiger partial charge on any atom is 0.256 e. The number of hydrogen-bond donors (Lipinski definition) is 0. The Morgan fingerprint density at radius 1 is 1.55 bits per heavy atom. The van der Waals surface area contributed by atoms with Crippen LogP contribution in [0.15, 0.2) is 23.6 Å². The molecule has 0 radical (unpaired) electrons. The zero-order valence-electron chi connectivity index (χ0n) is 11.8. The lowest BCUT2D eigenvalue weighted by atomic mass is 9.85. The Morgan fingerprint density at radius 2 is 2.27 bits per heavy atom. The minimum absolute atomic E-state index is 0.118. The molecule has 1 aliphatic heterocycles. The number of pyridine rings is 1. The number of nitrogens with zero attached hydrogens (tertiary/aromatic N) is 3. The average molecular weight is 334 g/mol. The Hall–Kier alpha value is -1.63. The number of amides is 1. The average Bonchev–Trinajstić information content (AvgIpc) is 2.98. The Balaban J connectivity index is 2.33. The molecule has 1 amide bonds. The van der Waals surface area contributed by atoms with Crippen LogP contribution in [0.1, 0.15) is 31.4 Å². The fourth-order valence-corrected chi connectivity index (χ4v) is 2.75. The summed E-state index contributed by atoms with van der Waals surface area (Å²) in [6.45, 7) is 1.48. The molecule has 0 saturated heterocycles. The highest BCUT2D eigenvalue weighted by Crippen LogP contribution is 2.38. The van der Waals surface area contributed by atoms with Crippen molar-refractivity contribution in [2.24, 2.45) is 10.5 Å². The Kier molecular flexibility index (Phi) is 5.05. The first-order valence-electron chi connectivity index (χ1n) is 6.77. The second-order valence-electron chi connectivity index (χ2n) is 5.08. The second-order valence-corrected chi connectivity index (χ2v) is 5.35. The zero-order chi connectivity index (χ0) is 16.3. The number of carbonyl (C=O) groups is 1. The van der Waals surface area contributed by atoms with Crippen molar-refractivity contribution in [1.29, 1.82) is 0 Å². The molecule has 0 aromatic carbocycles. The number of halogens is 4. The van der Waals surface area contributed by atoms with E-state index in [0.29, 0.717) is 12.0 Å². The topological polar surface area (TPSA) is 45.6 Å². The third-order valence-electron chi connectivity index (χ3n) is 3.86. The molecule has 0 aliphatic carbocycles. The molecule has 2 atom stereocenters. The molecule has 0 N–H and O–H groups in total. The minimum Gasteiger partial charge on any atom is -0.272 e. The molecule has 0 saturated carbocycles. The lowest BCUT2D eigenvalue weighted by Crippen LogP contribution is -2.47. The molecule has 2 rings (SSSR count). The SMILES string of the molecule is CCC(CCl)(C(=O)N1N=CCC1c1cncc(F)c1)C(F)F. The van der Waals surface area contributed by atoms with Gasteiger partial charge in [-0.05, 0) is 18.1 Å². The second kappa shape index (κ2) is 6.64. The molecule has 22 heavy (non-hydrogen) atoms. The summed E-state index contributed by atoms with van der Waals surface area (Å²) in [5, 5.41) is 4.85. The normalized spacial score (nSPS) is 20.5. The van der Waals surface area contributed by atoms with Crippen LogP contribution in [0.4, 0.5) is 13.2 Å². The van der Waals surface area contributed by atoms with Crippen LogP contribution in [-0.4, -0.2) is 34.4 Å². The quantitative estimate of drug-likeness (QED) is 0.775. The first-order valence-corrected chi connectivity index (χ1v) is 7.30. The van der Waals surface area contributed by atoms with E-state index in [1.807, 2.05) is 0 Å². The van der Waals surface area contributed by atoms with Gasteiger partial charge < -0.3 is 0 Å². The van der Waals surface area contributed by atoms with Crippen molar-refractivity contribution >= 4 is 23.7 Å². The number of hydrogen-bond acceptors (Lipinski definition) is 3. The van der Waals surface area contributed by atoms with Crippen molar-refractivity contribution in [3.8, 4) is 0 Å². The van der Waals surface area contributed by atoms with Crippen molar-refractivity contribution in [1.82, 2.24) is 9.99 Å². The molecule has 2 unspecified atom stereocenters. The van der Waals surface area contributed by atoms with E-state index in [9.17, 15) is 18.0 Å². The summed E-state index contributed by atoms with van der Waals surface area (Å²) < 4.78 is 40.1. The molecule has 1 aliphatic rings. The van der Waals surface area contributed by atoms with Crippen LogP contribution in [0.5, 0.6) is 0 Å².